The van der Waals surface area contributed by atoms with Crippen molar-refractivity contribution in [3.8, 4) is 0 Å². The minimum atomic E-state index is -0.379. The van der Waals surface area contributed by atoms with E-state index in [1.165, 1.54) is 11.3 Å². The first-order chi connectivity index (χ1) is 9.15. The number of rotatable bonds is 6. The van der Waals surface area contributed by atoms with E-state index in [4.69, 9.17) is 0 Å². The Bertz CT molecular complexity index is 469. The number of carbonyl (C=O) groups excluding carboxylic acids is 3. The number of thiophene rings is 1. The van der Waals surface area contributed by atoms with Gasteiger partial charge in [-0.2, -0.15) is 0 Å². The summed E-state index contributed by atoms with van der Waals surface area (Å²) in [5, 5.41) is 9.49. The lowest BCUT2D eigenvalue weighted by molar-refractivity contribution is -0.125. The van der Waals surface area contributed by atoms with Crippen LogP contribution in [0.2, 0.25) is 0 Å². The van der Waals surface area contributed by atoms with E-state index < -0.39 is 0 Å². The molecule has 1 fully saturated rings. The van der Waals surface area contributed by atoms with Gasteiger partial charge < -0.3 is 16.0 Å². The Balaban J connectivity index is 1.61. The number of amides is 3. The maximum atomic E-state index is 11.5. The molecule has 0 spiro atoms. The molecule has 1 saturated carbocycles. The lowest BCUT2D eigenvalue weighted by Crippen LogP contribution is -2.42. The highest BCUT2D eigenvalue weighted by Crippen LogP contribution is 2.18. The normalized spacial score (nSPS) is 13.7. The van der Waals surface area contributed by atoms with Crippen LogP contribution in [-0.2, 0) is 9.59 Å². The van der Waals surface area contributed by atoms with Gasteiger partial charge in [-0.3, -0.25) is 14.4 Å². The predicted molar refractivity (Wildman–Crippen MR) is 70.8 cm³/mol. The predicted octanol–water partition coefficient (Wildman–Crippen LogP) is -0.127. The quantitative estimate of drug-likeness (QED) is 0.679. The van der Waals surface area contributed by atoms with Gasteiger partial charge >= 0.3 is 0 Å². The van der Waals surface area contributed by atoms with Crippen LogP contribution in [0.5, 0.6) is 0 Å². The van der Waals surface area contributed by atoms with Gasteiger partial charge in [0.2, 0.25) is 11.8 Å². The summed E-state index contributed by atoms with van der Waals surface area (Å²) in [5.41, 5.74) is 0. The van der Waals surface area contributed by atoms with E-state index in [-0.39, 0.29) is 36.9 Å². The Morgan fingerprint density at radius 1 is 1.16 bits per heavy atom. The second-order valence-corrected chi connectivity index (χ2v) is 5.23. The van der Waals surface area contributed by atoms with Crippen LogP contribution in [0, 0.1) is 0 Å². The van der Waals surface area contributed by atoms with E-state index in [1.54, 1.807) is 17.5 Å². The van der Waals surface area contributed by atoms with Crippen LogP contribution in [0.4, 0.5) is 0 Å². The molecule has 102 valence electrons. The van der Waals surface area contributed by atoms with E-state index in [1.807, 2.05) is 0 Å². The summed E-state index contributed by atoms with van der Waals surface area (Å²) in [4.78, 5) is 34.8. The fourth-order valence-corrected chi connectivity index (χ4v) is 2.04. The molecule has 1 aromatic heterocycles. The number of hydrogen-bond acceptors (Lipinski definition) is 4. The van der Waals surface area contributed by atoms with E-state index in [0.717, 1.165) is 12.8 Å². The second kappa shape index (κ2) is 6.33. The summed E-state index contributed by atoms with van der Waals surface area (Å²) in [6.45, 7) is -0.183. The summed E-state index contributed by atoms with van der Waals surface area (Å²) in [6, 6.07) is 3.73. The van der Waals surface area contributed by atoms with Gasteiger partial charge in [0, 0.05) is 6.04 Å². The number of hydrogen-bond donors (Lipinski definition) is 3. The molecule has 0 saturated heterocycles. The molecule has 2 rings (SSSR count). The smallest absolute Gasteiger partial charge is 0.261 e. The third-order valence-electron chi connectivity index (χ3n) is 2.54. The molecule has 3 amide bonds. The maximum Gasteiger partial charge on any atom is 0.261 e. The molecule has 0 bridgehead atoms. The molecule has 6 nitrogen and oxygen atoms in total. The van der Waals surface area contributed by atoms with Crippen molar-refractivity contribution in [1.82, 2.24) is 16.0 Å². The highest BCUT2D eigenvalue weighted by Gasteiger charge is 2.23. The van der Waals surface area contributed by atoms with Crippen molar-refractivity contribution in [2.24, 2.45) is 0 Å². The van der Waals surface area contributed by atoms with Gasteiger partial charge in [-0.1, -0.05) is 6.07 Å². The topological polar surface area (TPSA) is 87.3 Å². The van der Waals surface area contributed by atoms with Gasteiger partial charge in [-0.15, -0.1) is 11.3 Å². The Hall–Kier alpha value is -1.89. The molecule has 1 aromatic rings. The highest BCUT2D eigenvalue weighted by atomic mass is 32.1. The first-order valence-corrected chi connectivity index (χ1v) is 6.91. The monoisotopic (exact) mass is 281 g/mol. The molecule has 0 unspecified atom stereocenters. The minimum absolute atomic E-state index is 0.0514. The molecule has 1 aliphatic rings. The molecule has 0 aromatic carbocycles. The van der Waals surface area contributed by atoms with Crippen molar-refractivity contribution < 1.29 is 14.4 Å². The van der Waals surface area contributed by atoms with Crippen molar-refractivity contribution in [1.29, 1.82) is 0 Å². The van der Waals surface area contributed by atoms with Crippen LogP contribution < -0.4 is 16.0 Å². The van der Waals surface area contributed by atoms with E-state index in [2.05, 4.69) is 16.0 Å². The summed E-state index contributed by atoms with van der Waals surface area (Å²) < 4.78 is 0. The highest BCUT2D eigenvalue weighted by molar-refractivity contribution is 7.12. The summed E-state index contributed by atoms with van der Waals surface area (Å²) in [5.74, 6) is -0.858. The molecule has 0 aliphatic heterocycles. The molecular weight excluding hydrogens is 266 g/mol. The van der Waals surface area contributed by atoms with Gasteiger partial charge in [0.25, 0.3) is 5.91 Å². The third-order valence-corrected chi connectivity index (χ3v) is 3.41. The van der Waals surface area contributed by atoms with Crippen molar-refractivity contribution in [3.63, 3.8) is 0 Å². The molecule has 0 atom stereocenters. The van der Waals surface area contributed by atoms with Crippen LogP contribution in [0.1, 0.15) is 22.5 Å². The Morgan fingerprint density at radius 2 is 1.89 bits per heavy atom. The fraction of sp³-hybridized carbons (Fsp3) is 0.417. The maximum absolute atomic E-state index is 11.5. The second-order valence-electron chi connectivity index (χ2n) is 4.28. The minimum Gasteiger partial charge on any atom is -0.352 e. The standard InChI is InChI=1S/C12H15N3O3S/c16-10(13-7-11(17)15-8-3-4-8)6-14-12(18)9-2-1-5-19-9/h1-2,5,8H,3-4,6-7H2,(H,13,16)(H,14,18)(H,15,17). The molecule has 7 heteroatoms. The van der Waals surface area contributed by atoms with E-state index >= 15 is 0 Å². The fourth-order valence-electron chi connectivity index (χ4n) is 1.40. The average Bonchev–Trinajstić information content (AvgIpc) is 3.03. The molecular formula is C12H15N3O3S. The Labute approximate surface area is 114 Å². The molecule has 3 N–H and O–H groups in total. The first-order valence-electron chi connectivity index (χ1n) is 6.03. The van der Waals surface area contributed by atoms with Crippen molar-refractivity contribution >= 4 is 29.1 Å². The summed E-state index contributed by atoms with van der Waals surface area (Å²) >= 11 is 1.31. The average molecular weight is 281 g/mol. The number of carbonyl (C=O) groups is 3. The molecule has 19 heavy (non-hydrogen) atoms. The molecule has 1 aliphatic carbocycles. The zero-order valence-electron chi connectivity index (χ0n) is 10.3. The lowest BCUT2D eigenvalue weighted by Gasteiger charge is -2.06. The third kappa shape index (κ3) is 4.70. The van der Waals surface area contributed by atoms with Gasteiger partial charge in [0.15, 0.2) is 0 Å². The zero-order valence-corrected chi connectivity index (χ0v) is 11.1. The van der Waals surface area contributed by atoms with Crippen molar-refractivity contribution in [3.05, 3.63) is 22.4 Å². The van der Waals surface area contributed by atoms with Crippen LogP contribution in [-0.4, -0.2) is 36.9 Å². The molecule has 0 radical (unpaired) electrons. The van der Waals surface area contributed by atoms with Gasteiger partial charge in [-0.05, 0) is 24.3 Å². The van der Waals surface area contributed by atoms with Crippen LogP contribution >= 0.6 is 11.3 Å². The summed E-state index contributed by atoms with van der Waals surface area (Å²) in [7, 11) is 0. The van der Waals surface area contributed by atoms with Gasteiger partial charge in [0.05, 0.1) is 18.0 Å². The molecule has 1 heterocycles. The van der Waals surface area contributed by atoms with E-state index in [0.29, 0.717) is 4.88 Å². The van der Waals surface area contributed by atoms with E-state index in [9.17, 15) is 14.4 Å². The Morgan fingerprint density at radius 3 is 2.53 bits per heavy atom. The van der Waals surface area contributed by atoms with Crippen LogP contribution in [0.3, 0.4) is 0 Å². The number of nitrogens with one attached hydrogen (secondary N) is 3. The first kappa shape index (κ1) is 13.5. The lowest BCUT2D eigenvalue weighted by atomic mass is 10.4. The Kier molecular flexibility index (Phi) is 4.51. The van der Waals surface area contributed by atoms with Crippen LogP contribution in [0.25, 0.3) is 0 Å². The van der Waals surface area contributed by atoms with Gasteiger partial charge in [0.1, 0.15) is 0 Å². The zero-order chi connectivity index (χ0) is 13.7. The van der Waals surface area contributed by atoms with Gasteiger partial charge in [-0.25, -0.2) is 0 Å². The van der Waals surface area contributed by atoms with Crippen molar-refractivity contribution in [2.45, 2.75) is 18.9 Å². The SMILES string of the molecule is O=C(CNC(=O)c1cccs1)NCC(=O)NC1CC1. The largest absolute Gasteiger partial charge is 0.352 e. The van der Waals surface area contributed by atoms with Crippen molar-refractivity contribution in [2.75, 3.05) is 13.1 Å². The summed E-state index contributed by atoms with van der Waals surface area (Å²) in [6.07, 6.45) is 2.02. The van der Waals surface area contributed by atoms with Crippen LogP contribution in [0.15, 0.2) is 17.5 Å².